The fourth-order valence-electron chi connectivity index (χ4n) is 0.911. The van der Waals surface area contributed by atoms with Crippen molar-refractivity contribution in [1.82, 2.24) is 5.32 Å². The summed E-state index contributed by atoms with van der Waals surface area (Å²) in [5.74, 6) is -3.29. The van der Waals surface area contributed by atoms with Gasteiger partial charge in [0.05, 0.1) is 5.92 Å². The highest BCUT2D eigenvalue weighted by atomic mass is 16.4. The third-order valence-corrected chi connectivity index (χ3v) is 2.22. The third kappa shape index (κ3) is 4.99. The lowest BCUT2D eigenvalue weighted by atomic mass is 9.95. The van der Waals surface area contributed by atoms with Gasteiger partial charge in [-0.1, -0.05) is 13.8 Å². The second-order valence-corrected chi connectivity index (χ2v) is 3.42. The van der Waals surface area contributed by atoms with Gasteiger partial charge in [0.25, 0.3) is 0 Å². The molecule has 0 aliphatic carbocycles. The van der Waals surface area contributed by atoms with E-state index in [0.717, 1.165) is 0 Å². The summed E-state index contributed by atoms with van der Waals surface area (Å²) >= 11 is 0. The molecule has 86 valence electrons. The van der Waals surface area contributed by atoms with E-state index in [1.165, 1.54) is 13.8 Å². The quantitative estimate of drug-likeness (QED) is 0.547. The van der Waals surface area contributed by atoms with E-state index in [9.17, 15) is 14.4 Å². The van der Waals surface area contributed by atoms with Gasteiger partial charge in [-0.15, -0.1) is 0 Å². The number of primary amides is 1. The molecule has 0 fully saturated rings. The predicted octanol–water partition coefficient (Wildman–Crippen LogP) is -0.665. The van der Waals surface area contributed by atoms with Crippen LogP contribution in [0.25, 0.3) is 0 Å². The van der Waals surface area contributed by atoms with Crippen LogP contribution in [0.1, 0.15) is 20.3 Å². The van der Waals surface area contributed by atoms with Gasteiger partial charge in [-0.25, -0.2) is 0 Å². The molecule has 0 spiro atoms. The summed E-state index contributed by atoms with van der Waals surface area (Å²) in [6.45, 7) is 3.13. The van der Waals surface area contributed by atoms with Crippen LogP contribution in [0.5, 0.6) is 0 Å². The Kier molecular flexibility index (Phi) is 5.36. The Morgan fingerprint density at radius 2 is 1.80 bits per heavy atom. The average Bonchev–Trinajstić information content (AvgIpc) is 2.14. The Bertz CT molecular complexity index is 265. The van der Waals surface area contributed by atoms with Gasteiger partial charge in [0.2, 0.25) is 11.8 Å². The lowest BCUT2D eigenvalue weighted by Gasteiger charge is -2.15. The maximum atomic E-state index is 11.3. The lowest BCUT2D eigenvalue weighted by molar-refractivity contribution is -0.146. The molecule has 2 unspecified atom stereocenters. The van der Waals surface area contributed by atoms with Gasteiger partial charge in [-0.2, -0.15) is 0 Å². The average molecular weight is 216 g/mol. The summed E-state index contributed by atoms with van der Waals surface area (Å²) in [6.07, 6.45) is 0.0555. The van der Waals surface area contributed by atoms with Crippen molar-refractivity contribution in [3.8, 4) is 0 Å². The highest BCUT2D eigenvalue weighted by Gasteiger charge is 2.25. The van der Waals surface area contributed by atoms with Crippen molar-refractivity contribution < 1.29 is 19.5 Å². The Hall–Kier alpha value is -1.59. The number of carboxylic acids is 1. The van der Waals surface area contributed by atoms with E-state index in [4.69, 9.17) is 10.8 Å². The smallest absolute Gasteiger partial charge is 0.307 e. The fourth-order valence-corrected chi connectivity index (χ4v) is 0.911. The van der Waals surface area contributed by atoms with Crippen LogP contribution in [0.4, 0.5) is 0 Å². The molecule has 0 aromatic heterocycles. The summed E-state index contributed by atoms with van der Waals surface area (Å²) in [5, 5.41) is 11.1. The molecular formula is C9H16N2O4. The molecule has 0 heterocycles. The van der Waals surface area contributed by atoms with Gasteiger partial charge in [0.1, 0.15) is 0 Å². The number of carboxylic acid groups (broad SMARTS) is 1. The van der Waals surface area contributed by atoms with E-state index < -0.39 is 23.7 Å². The number of hydrogen-bond donors (Lipinski definition) is 3. The molecule has 0 saturated carbocycles. The zero-order valence-electron chi connectivity index (χ0n) is 8.82. The van der Waals surface area contributed by atoms with Crippen molar-refractivity contribution in [2.24, 2.45) is 17.6 Å². The van der Waals surface area contributed by atoms with Gasteiger partial charge >= 0.3 is 5.97 Å². The zero-order chi connectivity index (χ0) is 12.0. The van der Waals surface area contributed by atoms with Crippen LogP contribution < -0.4 is 11.1 Å². The molecule has 0 aliphatic rings. The monoisotopic (exact) mass is 216 g/mol. The maximum absolute atomic E-state index is 11.3. The Morgan fingerprint density at radius 3 is 2.20 bits per heavy atom. The molecule has 0 aromatic rings. The highest BCUT2D eigenvalue weighted by molar-refractivity contribution is 5.84. The zero-order valence-corrected chi connectivity index (χ0v) is 8.82. The predicted molar refractivity (Wildman–Crippen MR) is 52.8 cm³/mol. The second kappa shape index (κ2) is 6.00. The van der Waals surface area contributed by atoms with Gasteiger partial charge in [-0.3, -0.25) is 14.4 Å². The number of hydrogen-bond acceptors (Lipinski definition) is 3. The second-order valence-electron chi connectivity index (χ2n) is 3.42. The van der Waals surface area contributed by atoms with Crippen LogP contribution in [0, 0.1) is 11.8 Å². The van der Waals surface area contributed by atoms with E-state index in [1.807, 2.05) is 0 Å². The summed E-state index contributed by atoms with van der Waals surface area (Å²) in [6, 6.07) is 0. The first kappa shape index (κ1) is 13.4. The number of nitrogens with two attached hydrogens (primary N) is 1. The molecule has 2 atom stereocenters. The minimum Gasteiger partial charge on any atom is -0.481 e. The van der Waals surface area contributed by atoms with E-state index in [2.05, 4.69) is 5.32 Å². The van der Waals surface area contributed by atoms with Crippen LogP contribution in [0.3, 0.4) is 0 Å². The molecule has 0 saturated heterocycles. The van der Waals surface area contributed by atoms with Crippen molar-refractivity contribution in [3.05, 3.63) is 0 Å². The molecule has 6 nitrogen and oxygen atoms in total. The van der Waals surface area contributed by atoms with Crippen LogP contribution in [0.2, 0.25) is 0 Å². The number of amides is 2. The van der Waals surface area contributed by atoms with E-state index >= 15 is 0 Å². The van der Waals surface area contributed by atoms with Gasteiger partial charge in [0.15, 0.2) is 0 Å². The molecule has 2 amide bonds. The third-order valence-electron chi connectivity index (χ3n) is 2.22. The molecular weight excluding hydrogens is 200 g/mol. The van der Waals surface area contributed by atoms with Gasteiger partial charge in [-0.05, 0) is 0 Å². The fraction of sp³-hybridized carbons (Fsp3) is 0.667. The number of aliphatic carboxylic acids is 1. The molecule has 0 rings (SSSR count). The Labute approximate surface area is 87.8 Å². The largest absolute Gasteiger partial charge is 0.481 e. The molecule has 15 heavy (non-hydrogen) atoms. The molecule has 4 N–H and O–H groups in total. The summed E-state index contributed by atoms with van der Waals surface area (Å²) < 4.78 is 0. The SMILES string of the molecule is CC(C(=O)O)C(C)C(=O)NCCC(N)=O. The van der Waals surface area contributed by atoms with Crippen molar-refractivity contribution in [3.63, 3.8) is 0 Å². The van der Waals surface area contributed by atoms with Gasteiger partial charge in [0, 0.05) is 18.9 Å². The molecule has 0 radical (unpaired) electrons. The Balaban J connectivity index is 3.99. The van der Waals surface area contributed by atoms with Crippen LogP contribution in [-0.4, -0.2) is 29.4 Å². The molecule has 0 bridgehead atoms. The molecule has 6 heteroatoms. The van der Waals surface area contributed by atoms with Crippen LogP contribution in [0.15, 0.2) is 0 Å². The van der Waals surface area contributed by atoms with Crippen LogP contribution >= 0.6 is 0 Å². The summed E-state index contributed by atoms with van der Waals surface area (Å²) in [7, 11) is 0. The number of rotatable bonds is 6. The first-order valence-corrected chi connectivity index (χ1v) is 4.65. The Morgan fingerprint density at radius 1 is 1.27 bits per heavy atom. The molecule has 0 aromatic carbocycles. The normalized spacial score (nSPS) is 14.0. The number of carbonyl (C=O) groups excluding carboxylic acids is 2. The van der Waals surface area contributed by atoms with Gasteiger partial charge < -0.3 is 16.2 Å². The van der Waals surface area contributed by atoms with E-state index in [1.54, 1.807) is 0 Å². The minimum absolute atomic E-state index is 0.0555. The number of carbonyl (C=O) groups is 3. The summed E-state index contributed by atoms with van der Waals surface area (Å²) in [5.41, 5.74) is 4.88. The minimum atomic E-state index is -1.02. The van der Waals surface area contributed by atoms with Crippen molar-refractivity contribution in [1.29, 1.82) is 0 Å². The standard InChI is InChI=1S/C9H16N2O4/c1-5(6(2)9(14)15)8(13)11-4-3-7(10)12/h5-6H,3-4H2,1-2H3,(H2,10,12)(H,11,13)(H,14,15). The molecule has 0 aliphatic heterocycles. The first-order valence-electron chi connectivity index (χ1n) is 4.65. The van der Waals surface area contributed by atoms with E-state index in [-0.39, 0.29) is 18.9 Å². The summed E-state index contributed by atoms with van der Waals surface area (Å²) in [4.78, 5) is 32.3. The van der Waals surface area contributed by atoms with E-state index in [0.29, 0.717) is 0 Å². The number of nitrogens with one attached hydrogen (secondary N) is 1. The van der Waals surface area contributed by atoms with Crippen LogP contribution in [-0.2, 0) is 14.4 Å². The topological polar surface area (TPSA) is 109 Å². The van der Waals surface area contributed by atoms with Crippen molar-refractivity contribution >= 4 is 17.8 Å². The lowest BCUT2D eigenvalue weighted by Crippen LogP contribution is -2.36. The van der Waals surface area contributed by atoms with Crippen molar-refractivity contribution in [2.75, 3.05) is 6.54 Å². The van der Waals surface area contributed by atoms with Crippen molar-refractivity contribution in [2.45, 2.75) is 20.3 Å². The first-order chi connectivity index (χ1) is 6.86. The maximum Gasteiger partial charge on any atom is 0.307 e. The highest BCUT2D eigenvalue weighted by Crippen LogP contribution is 2.10.